The number of Topliss-reactive ketones (excluding diaryl/α,β-unsaturated/α-hetero) is 1. The second-order valence-corrected chi connectivity index (χ2v) is 8.31. The van der Waals surface area contributed by atoms with Gasteiger partial charge in [0.1, 0.15) is 5.75 Å². The Morgan fingerprint density at radius 2 is 1.81 bits per heavy atom. The topological polar surface area (TPSA) is 61.9 Å². The minimum absolute atomic E-state index is 0.0890. The molecule has 0 aliphatic carbocycles. The Balaban J connectivity index is 1.20. The molecular formula is C25H31N3O3. The number of ketones is 1. The van der Waals surface area contributed by atoms with Crippen molar-refractivity contribution in [3.63, 3.8) is 0 Å². The van der Waals surface area contributed by atoms with Crippen LogP contribution in [0, 0.1) is 0 Å². The fourth-order valence-corrected chi connectivity index (χ4v) is 4.48. The number of methoxy groups -OCH3 is 1. The van der Waals surface area contributed by atoms with Gasteiger partial charge < -0.3 is 15.0 Å². The summed E-state index contributed by atoms with van der Waals surface area (Å²) in [5.74, 6) is 1.21. The van der Waals surface area contributed by atoms with Crippen molar-refractivity contribution >= 4 is 17.4 Å². The van der Waals surface area contributed by atoms with Crippen LogP contribution in [0.25, 0.3) is 0 Å². The van der Waals surface area contributed by atoms with Crippen LogP contribution < -0.4 is 15.0 Å². The Morgan fingerprint density at radius 1 is 1.06 bits per heavy atom. The van der Waals surface area contributed by atoms with Crippen molar-refractivity contribution in [1.29, 1.82) is 0 Å². The molecule has 2 aromatic carbocycles. The summed E-state index contributed by atoms with van der Waals surface area (Å²) in [6.45, 7) is 4.86. The van der Waals surface area contributed by atoms with Gasteiger partial charge >= 0.3 is 0 Å². The molecule has 0 aromatic heterocycles. The van der Waals surface area contributed by atoms with E-state index in [1.54, 1.807) is 7.11 Å². The Kier molecular flexibility index (Phi) is 6.87. The van der Waals surface area contributed by atoms with Gasteiger partial charge in [-0.1, -0.05) is 36.4 Å². The molecule has 0 spiro atoms. The maximum atomic E-state index is 12.6. The summed E-state index contributed by atoms with van der Waals surface area (Å²) in [4.78, 5) is 28.8. The van der Waals surface area contributed by atoms with Crippen LogP contribution in [-0.2, 0) is 4.79 Å². The number of benzene rings is 2. The molecule has 1 N–H and O–H groups in total. The lowest BCUT2D eigenvalue weighted by atomic mass is 10.0. The van der Waals surface area contributed by atoms with Crippen LogP contribution in [0.3, 0.4) is 0 Å². The maximum Gasteiger partial charge on any atom is 0.220 e. The summed E-state index contributed by atoms with van der Waals surface area (Å²) < 4.78 is 5.49. The molecule has 2 aliphatic rings. The smallest absolute Gasteiger partial charge is 0.220 e. The number of rotatable bonds is 8. The first-order chi connectivity index (χ1) is 15.1. The third-order valence-corrected chi connectivity index (χ3v) is 6.31. The number of para-hydroxylation sites is 2. The first kappa shape index (κ1) is 21.4. The van der Waals surface area contributed by atoms with Gasteiger partial charge in [0.25, 0.3) is 0 Å². The molecule has 1 unspecified atom stereocenters. The number of nitrogens with one attached hydrogen (secondary N) is 1. The lowest BCUT2D eigenvalue weighted by Crippen LogP contribution is -2.46. The van der Waals surface area contributed by atoms with E-state index >= 15 is 0 Å². The molecule has 0 saturated carbocycles. The van der Waals surface area contributed by atoms with Crippen molar-refractivity contribution in [2.24, 2.45) is 0 Å². The largest absolute Gasteiger partial charge is 0.495 e. The van der Waals surface area contributed by atoms with Gasteiger partial charge in [-0.25, -0.2) is 0 Å². The minimum atomic E-state index is 0.0890. The molecule has 2 aliphatic heterocycles. The average Bonchev–Trinajstić information content (AvgIpc) is 3.26. The Bertz CT molecular complexity index is 904. The molecule has 0 radical (unpaired) electrons. The van der Waals surface area contributed by atoms with Gasteiger partial charge in [0, 0.05) is 44.6 Å². The highest BCUT2D eigenvalue weighted by Gasteiger charge is 2.22. The molecule has 0 bridgehead atoms. The summed E-state index contributed by atoms with van der Waals surface area (Å²) in [6, 6.07) is 16.0. The molecule has 6 nitrogen and oxygen atoms in total. The van der Waals surface area contributed by atoms with E-state index in [0.717, 1.165) is 68.1 Å². The molecule has 2 aromatic rings. The summed E-state index contributed by atoms with van der Waals surface area (Å²) >= 11 is 0. The highest BCUT2D eigenvalue weighted by molar-refractivity contribution is 5.96. The molecule has 164 valence electrons. The zero-order chi connectivity index (χ0) is 21.6. The normalized spacial score (nSPS) is 19.3. The minimum Gasteiger partial charge on any atom is -0.495 e. The second kappa shape index (κ2) is 9.96. The van der Waals surface area contributed by atoms with Crippen LogP contribution in [0.4, 0.5) is 5.69 Å². The Hall–Kier alpha value is -2.86. The number of ether oxygens (including phenoxy) is 1. The Labute approximate surface area is 184 Å². The van der Waals surface area contributed by atoms with E-state index in [4.69, 9.17) is 4.74 Å². The molecule has 1 amide bonds. The van der Waals surface area contributed by atoms with Crippen LogP contribution in [0.1, 0.15) is 47.6 Å². The number of carbonyl (C=O) groups is 2. The van der Waals surface area contributed by atoms with E-state index in [9.17, 15) is 9.59 Å². The number of hydrogen-bond donors (Lipinski definition) is 1. The van der Waals surface area contributed by atoms with E-state index in [2.05, 4.69) is 21.2 Å². The van der Waals surface area contributed by atoms with Crippen LogP contribution in [0.5, 0.6) is 5.75 Å². The third-order valence-electron chi connectivity index (χ3n) is 6.31. The van der Waals surface area contributed by atoms with Gasteiger partial charge in [0.2, 0.25) is 5.91 Å². The van der Waals surface area contributed by atoms with Crippen molar-refractivity contribution in [2.75, 3.05) is 44.7 Å². The SMILES string of the molecule is COc1ccccc1N1CCN(CCCC(=O)c2ccc(C3CCC(=O)N3)cc2)CC1. The maximum absolute atomic E-state index is 12.6. The van der Waals surface area contributed by atoms with Gasteiger partial charge in [-0.15, -0.1) is 0 Å². The molecule has 31 heavy (non-hydrogen) atoms. The van der Waals surface area contributed by atoms with E-state index in [1.807, 2.05) is 42.5 Å². The number of nitrogens with zero attached hydrogens (tertiary/aromatic N) is 2. The highest BCUT2D eigenvalue weighted by atomic mass is 16.5. The molecule has 2 fully saturated rings. The van der Waals surface area contributed by atoms with Gasteiger partial charge in [0.15, 0.2) is 5.78 Å². The van der Waals surface area contributed by atoms with Crippen LogP contribution in [-0.4, -0.2) is 56.4 Å². The summed E-state index contributed by atoms with van der Waals surface area (Å²) in [7, 11) is 1.71. The molecule has 2 saturated heterocycles. The summed E-state index contributed by atoms with van der Waals surface area (Å²) in [5, 5.41) is 2.97. The van der Waals surface area contributed by atoms with E-state index in [1.165, 1.54) is 0 Å². The standard InChI is InChI=1S/C25H31N3O3/c1-31-24-7-3-2-5-22(24)28-17-15-27(16-18-28)14-4-6-23(29)20-10-8-19(9-11-20)21-12-13-25(30)26-21/h2-3,5,7-11,21H,4,6,12-18H2,1H3,(H,26,30). The fourth-order valence-electron chi connectivity index (χ4n) is 4.48. The van der Waals surface area contributed by atoms with Crippen molar-refractivity contribution in [3.05, 3.63) is 59.7 Å². The number of carbonyl (C=O) groups excluding carboxylic acids is 2. The lowest BCUT2D eigenvalue weighted by molar-refractivity contribution is -0.119. The van der Waals surface area contributed by atoms with Crippen molar-refractivity contribution in [3.8, 4) is 5.75 Å². The lowest BCUT2D eigenvalue weighted by Gasteiger charge is -2.36. The molecule has 4 rings (SSSR count). The van der Waals surface area contributed by atoms with Gasteiger partial charge in [-0.05, 0) is 37.1 Å². The van der Waals surface area contributed by atoms with Gasteiger partial charge in [-0.3, -0.25) is 14.5 Å². The number of anilines is 1. The van der Waals surface area contributed by atoms with E-state index in [0.29, 0.717) is 12.8 Å². The number of amides is 1. The third kappa shape index (κ3) is 5.25. The first-order valence-electron chi connectivity index (χ1n) is 11.2. The van der Waals surface area contributed by atoms with Gasteiger partial charge in [-0.2, -0.15) is 0 Å². The average molecular weight is 422 g/mol. The quantitative estimate of drug-likeness (QED) is 0.662. The monoisotopic (exact) mass is 421 g/mol. The van der Waals surface area contributed by atoms with Crippen LogP contribution in [0.2, 0.25) is 0 Å². The summed E-state index contributed by atoms with van der Waals surface area (Å²) in [6.07, 6.45) is 2.84. The van der Waals surface area contributed by atoms with Gasteiger partial charge in [0.05, 0.1) is 18.8 Å². The first-order valence-corrected chi connectivity index (χ1v) is 11.2. The summed E-state index contributed by atoms with van der Waals surface area (Å²) in [5.41, 5.74) is 2.99. The zero-order valence-corrected chi connectivity index (χ0v) is 18.2. The Morgan fingerprint density at radius 3 is 2.48 bits per heavy atom. The van der Waals surface area contributed by atoms with Crippen molar-refractivity contribution in [1.82, 2.24) is 10.2 Å². The van der Waals surface area contributed by atoms with Crippen molar-refractivity contribution < 1.29 is 14.3 Å². The predicted octanol–water partition coefficient (Wildman–Crippen LogP) is 3.43. The van der Waals surface area contributed by atoms with E-state index in [-0.39, 0.29) is 17.7 Å². The molecule has 1 atom stereocenters. The van der Waals surface area contributed by atoms with E-state index < -0.39 is 0 Å². The molecule has 2 heterocycles. The second-order valence-electron chi connectivity index (χ2n) is 8.31. The molecule has 6 heteroatoms. The highest BCUT2D eigenvalue weighted by Crippen LogP contribution is 2.28. The van der Waals surface area contributed by atoms with Crippen LogP contribution >= 0.6 is 0 Å². The predicted molar refractivity (Wildman–Crippen MR) is 122 cm³/mol. The van der Waals surface area contributed by atoms with Crippen LogP contribution in [0.15, 0.2) is 48.5 Å². The molecular weight excluding hydrogens is 390 g/mol. The number of hydrogen-bond acceptors (Lipinski definition) is 5. The number of piperazine rings is 1. The zero-order valence-electron chi connectivity index (χ0n) is 18.2. The van der Waals surface area contributed by atoms with Crippen molar-refractivity contribution in [2.45, 2.75) is 31.7 Å². The fraction of sp³-hybridized carbons (Fsp3) is 0.440.